The number of ether oxygens (including phenoxy) is 1. The molecule has 0 aliphatic carbocycles. The number of amides is 1. The van der Waals surface area contributed by atoms with Crippen molar-refractivity contribution in [1.29, 1.82) is 0 Å². The molecule has 0 unspecified atom stereocenters. The van der Waals surface area contributed by atoms with Crippen molar-refractivity contribution in [3.63, 3.8) is 0 Å². The van der Waals surface area contributed by atoms with E-state index in [0.717, 1.165) is 36.2 Å². The highest BCUT2D eigenvalue weighted by molar-refractivity contribution is 5.83. The van der Waals surface area contributed by atoms with Gasteiger partial charge in [-0.25, -0.2) is 4.98 Å². The van der Waals surface area contributed by atoms with Gasteiger partial charge in [-0.05, 0) is 24.1 Å². The van der Waals surface area contributed by atoms with Gasteiger partial charge >= 0.3 is 5.97 Å². The highest BCUT2D eigenvalue weighted by Crippen LogP contribution is 2.43. The SMILES string of the molecule is COC(=O)[C@H]1C[C@H]2CN(CCn3cnc4ccccc43)CC(=O)N2[C@H]1c1ccccc1. The highest BCUT2D eigenvalue weighted by Gasteiger charge is 2.50. The Morgan fingerprint density at radius 1 is 1.10 bits per heavy atom. The zero-order valence-corrected chi connectivity index (χ0v) is 17.6. The smallest absolute Gasteiger partial charge is 0.311 e. The number of nitrogens with zero attached hydrogens (tertiary/aromatic N) is 4. The van der Waals surface area contributed by atoms with E-state index in [1.165, 1.54) is 7.11 Å². The molecule has 3 heterocycles. The van der Waals surface area contributed by atoms with Crippen molar-refractivity contribution >= 4 is 22.9 Å². The summed E-state index contributed by atoms with van der Waals surface area (Å²) < 4.78 is 7.22. The molecule has 0 N–H and O–H groups in total. The Kier molecular flexibility index (Phi) is 5.19. The second kappa shape index (κ2) is 8.15. The zero-order valence-electron chi connectivity index (χ0n) is 17.6. The first-order valence-corrected chi connectivity index (χ1v) is 10.7. The van der Waals surface area contributed by atoms with Gasteiger partial charge in [-0.3, -0.25) is 14.5 Å². The second-order valence-corrected chi connectivity index (χ2v) is 8.34. The Balaban J connectivity index is 1.33. The van der Waals surface area contributed by atoms with Crippen molar-refractivity contribution in [2.75, 3.05) is 26.7 Å². The molecule has 1 amide bonds. The van der Waals surface area contributed by atoms with Crippen molar-refractivity contribution in [2.45, 2.75) is 25.0 Å². The van der Waals surface area contributed by atoms with Crippen LogP contribution in [-0.4, -0.2) is 64.0 Å². The lowest BCUT2D eigenvalue weighted by atomic mass is 9.93. The number of rotatable bonds is 5. The average molecular weight is 418 g/mol. The molecule has 0 bridgehead atoms. The van der Waals surface area contributed by atoms with Crippen molar-refractivity contribution < 1.29 is 14.3 Å². The lowest BCUT2D eigenvalue weighted by molar-refractivity contribution is -0.147. The lowest BCUT2D eigenvalue weighted by Gasteiger charge is -2.40. The summed E-state index contributed by atoms with van der Waals surface area (Å²) in [4.78, 5) is 34.3. The van der Waals surface area contributed by atoms with Crippen LogP contribution in [0.1, 0.15) is 18.0 Å². The largest absolute Gasteiger partial charge is 0.469 e. The van der Waals surface area contributed by atoms with Crippen LogP contribution >= 0.6 is 0 Å². The van der Waals surface area contributed by atoms with Gasteiger partial charge in [-0.1, -0.05) is 42.5 Å². The molecular formula is C24H26N4O3. The number of imidazole rings is 1. The molecule has 31 heavy (non-hydrogen) atoms. The van der Waals surface area contributed by atoms with Crippen LogP contribution < -0.4 is 0 Å². The molecule has 0 radical (unpaired) electrons. The minimum Gasteiger partial charge on any atom is -0.469 e. The van der Waals surface area contributed by atoms with Crippen LogP contribution in [0.5, 0.6) is 0 Å². The van der Waals surface area contributed by atoms with Gasteiger partial charge in [0, 0.05) is 25.7 Å². The maximum absolute atomic E-state index is 13.2. The van der Waals surface area contributed by atoms with Crippen LogP contribution in [0.3, 0.4) is 0 Å². The first kappa shape index (κ1) is 19.8. The molecule has 0 saturated carbocycles. The third-order valence-corrected chi connectivity index (χ3v) is 6.55. The molecule has 3 aromatic rings. The number of para-hydroxylation sites is 2. The summed E-state index contributed by atoms with van der Waals surface area (Å²) in [7, 11) is 1.42. The van der Waals surface area contributed by atoms with Crippen molar-refractivity contribution in [3.05, 3.63) is 66.5 Å². The molecule has 2 aliphatic rings. The molecule has 7 heteroatoms. The summed E-state index contributed by atoms with van der Waals surface area (Å²) in [6, 6.07) is 17.6. The fourth-order valence-corrected chi connectivity index (χ4v) is 5.14. The molecule has 1 aromatic heterocycles. The lowest BCUT2D eigenvalue weighted by Crippen LogP contribution is -2.54. The number of carbonyl (C=O) groups is 2. The topological polar surface area (TPSA) is 67.7 Å². The van der Waals surface area contributed by atoms with Gasteiger partial charge in [0.2, 0.25) is 5.91 Å². The molecule has 0 spiro atoms. The summed E-state index contributed by atoms with van der Waals surface area (Å²) in [5.41, 5.74) is 3.07. The third kappa shape index (κ3) is 3.59. The summed E-state index contributed by atoms with van der Waals surface area (Å²) in [5.74, 6) is -0.502. The molecular weight excluding hydrogens is 392 g/mol. The number of piperazine rings is 1. The number of esters is 1. The van der Waals surface area contributed by atoms with E-state index in [2.05, 4.69) is 20.5 Å². The number of fused-ring (bicyclic) bond motifs is 2. The van der Waals surface area contributed by atoms with E-state index in [4.69, 9.17) is 4.74 Å². The monoisotopic (exact) mass is 418 g/mol. The van der Waals surface area contributed by atoms with Gasteiger partial charge in [0.1, 0.15) is 0 Å². The quantitative estimate of drug-likeness (QED) is 0.596. The van der Waals surface area contributed by atoms with E-state index in [9.17, 15) is 9.59 Å². The Hall–Kier alpha value is -3.19. The normalized spacial score (nSPS) is 23.8. The highest BCUT2D eigenvalue weighted by atomic mass is 16.5. The first-order valence-electron chi connectivity index (χ1n) is 10.7. The van der Waals surface area contributed by atoms with Gasteiger partial charge in [-0.15, -0.1) is 0 Å². The fourth-order valence-electron chi connectivity index (χ4n) is 5.14. The number of carbonyl (C=O) groups excluding carboxylic acids is 2. The summed E-state index contributed by atoms with van der Waals surface area (Å²) >= 11 is 0. The molecule has 3 atom stereocenters. The standard InChI is InChI=1S/C24H26N4O3/c1-31-24(30)19-13-18-14-26(11-12-27-16-25-20-9-5-6-10-21(20)27)15-22(29)28(18)23(19)17-7-3-2-4-8-17/h2-10,16,18-19,23H,11-15H2,1H3/t18-,19-,23-/m0/s1. The summed E-state index contributed by atoms with van der Waals surface area (Å²) in [6.07, 6.45) is 2.49. The predicted octanol–water partition coefficient (Wildman–Crippen LogP) is 2.48. The van der Waals surface area contributed by atoms with E-state index in [0.29, 0.717) is 13.0 Å². The van der Waals surface area contributed by atoms with E-state index >= 15 is 0 Å². The molecule has 5 rings (SSSR count). The van der Waals surface area contributed by atoms with Gasteiger partial charge in [0.15, 0.2) is 0 Å². The molecule has 160 valence electrons. The maximum Gasteiger partial charge on any atom is 0.311 e. The first-order chi connectivity index (χ1) is 15.2. The van der Waals surface area contributed by atoms with Crippen molar-refractivity contribution in [2.24, 2.45) is 5.92 Å². The van der Waals surface area contributed by atoms with Crippen LogP contribution in [0.4, 0.5) is 0 Å². The third-order valence-electron chi connectivity index (χ3n) is 6.55. The number of benzene rings is 2. The van der Waals surface area contributed by atoms with Gasteiger partial charge in [0.05, 0.1) is 43.0 Å². The molecule has 7 nitrogen and oxygen atoms in total. The summed E-state index contributed by atoms with van der Waals surface area (Å²) in [6.45, 7) is 2.65. The van der Waals surface area contributed by atoms with Gasteiger partial charge in [-0.2, -0.15) is 0 Å². The predicted molar refractivity (Wildman–Crippen MR) is 116 cm³/mol. The molecule has 2 aliphatic heterocycles. The van der Waals surface area contributed by atoms with Crippen LogP contribution in [0.25, 0.3) is 11.0 Å². The fraction of sp³-hybridized carbons (Fsp3) is 0.375. The molecule has 2 saturated heterocycles. The number of methoxy groups -OCH3 is 1. The molecule has 2 fully saturated rings. The summed E-state index contributed by atoms with van der Waals surface area (Å²) in [5, 5.41) is 0. The van der Waals surface area contributed by atoms with E-state index in [1.807, 2.05) is 59.8 Å². The maximum atomic E-state index is 13.2. The average Bonchev–Trinajstić information content (AvgIpc) is 3.39. The van der Waals surface area contributed by atoms with E-state index < -0.39 is 0 Å². The number of hydrogen-bond donors (Lipinski definition) is 0. The second-order valence-electron chi connectivity index (χ2n) is 8.34. The van der Waals surface area contributed by atoms with Crippen molar-refractivity contribution in [1.82, 2.24) is 19.4 Å². The Bertz CT molecular complexity index is 1100. The molecule has 2 aromatic carbocycles. The van der Waals surface area contributed by atoms with Crippen LogP contribution in [0.15, 0.2) is 60.9 Å². The number of hydrogen-bond acceptors (Lipinski definition) is 5. The van der Waals surface area contributed by atoms with Crippen molar-refractivity contribution in [3.8, 4) is 0 Å². The van der Waals surface area contributed by atoms with Gasteiger partial charge in [0.25, 0.3) is 0 Å². The van der Waals surface area contributed by atoms with Gasteiger partial charge < -0.3 is 14.2 Å². The van der Waals surface area contributed by atoms with Crippen LogP contribution in [-0.2, 0) is 20.9 Å². The Labute approximate surface area is 181 Å². The number of aromatic nitrogens is 2. The van der Waals surface area contributed by atoms with Crippen LogP contribution in [0, 0.1) is 5.92 Å². The van der Waals surface area contributed by atoms with Crippen LogP contribution in [0.2, 0.25) is 0 Å². The Morgan fingerprint density at radius 3 is 2.68 bits per heavy atom. The Morgan fingerprint density at radius 2 is 1.87 bits per heavy atom. The van der Waals surface area contributed by atoms with E-state index in [1.54, 1.807) is 0 Å². The zero-order chi connectivity index (χ0) is 21.4. The minimum atomic E-state index is -0.334. The van der Waals surface area contributed by atoms with E-state index in [-0.39, 0.29) is 29.9 Å². The minimum absolute atomic E-state index is 0.00934.